The standard InChI is InChI=1S/C23H22BrNO5S/c1-16-4-11-20(12-5-16)31(27,28)25(18-7-9-19(29-3)10-8-18)23(26)15-30-22-13-6-17(2)14-21(22)24/h4-14H,15H2,1-3H3. The van der Waals surface area contributed by atoms with Crippen molar-refractivity contribution in [3.05, 3.63) is 82.3 Å². The van der Waals surface area contributed by atoms with Gasteiger partial charge in [-0.15, -0.1) is 0 Å². The molecule has 3 rings (SSSR count). The number of carbonyl (C=O) groups is 1. The molecule has 0 heterocycles. The van der Waals surface area contributed by atoms with Crippen molar-refractivity contribution in [1.82, 2.24) is 0 Å². The largest absolute Gasteiger partial charge is 0.497 e. The zero-order chi connectivity index (χ0) is 22.6. The number of hydrogen-bond donors (Lipinski definition) is 0. The lowest BCUT2D eigenvalue weighted by Crippen LogP contribution is -2.40. The minimum atomic E-state index is -4.16. The van der Waals surface area contributed by atoms with E-state index in [0.29, 0.717) is 16.0 Å². The maximum absolute atomic E-state index is 13.4. The van der Waals surface area contributed by atoms with Crippen LogP contribution >= 0.6 is 15.9 Å². The third-order valence-corrected chi connectivity index (χ3v) is 6.91. The number of halogens is 1. The van der Waals surface area contributed by atoms with E-state index in [-0.39, 0.29) is 10.6 Å². The van der Waals surface area contributed by atoms with Gasteiger partial charge in [0.2, 0.25) is 0 Å². The molecular formula is C23H22BrNO5S. The fourth-order valence-corrected chi connectivity index (χ4v) is 4.89. The summed E-state index contributed by atoms with van der Waals surface area (Å²) in [6, 6.07) is 18.0. The molecular weight excluding hydrogens is 482 g/mol. The summed E-state index contributed by atoms with van der Waals surface area (Å²) in [5, 5.41) is 0. The molecule has 6 nitrogen and oxygen atoms in total. The van der Waals surface area contributed by atoms with Crippen molar-refractivity contribution < 1.29 is 22.7 Å². The Morgan fingerprint density at radius 1 is 0.935 bits per heavy atom. The van der Waals surface area contributed by atoms with Crippen LogP contribution in [0, 0.1) is 13.8 Å². The van der Waals surface area contributed by atoms with Gasteiger partial charge in [0.05, 0.1) is 22.2 Å². The summed E-state index contributed by atoms with van der Waals surface area (Å²) in [4.78, 5) is 13.1. The highest BCUT2D eigenvalue weighted by Crippen LogP contribution is 2.28. The van der Waals surface area contributed by atoms with Crippen LogP contribution < -0.4 is 13.8 Å². The van der Waals surface area contributed by atoms with Crippen LogP contribution in [0.4, 0.5) is 5.69 Å². The van der Waals surface area contributed by atoms with E-state index in [1.165, 1.54) is 31.4 Å². The predicted molar refractivity (Wildman–Crippen MR) is 123 cm³/mol. The second kappa shape index (κ2) is 9.53. The monoisotopic (exact) mass is 503 g/mol. The second-order valence-electron chi connectivity index (χ2n) is 6.90. The van der Waals surface area contributed by atoms with E-state index in [2.05, 4.69) is 15.9 Å². The number of rotatable bonds is 7. The van der Waals surface area contributed by atoms with E-state index < -0.39 is 22.5 Å². The van der Waals surface area contributed by atoms with Gasteiger partial charge >= 0.3 is 0 Å². The molecule has 0 saturated heterocycles. The van der Waals surface area contributed by atoms with Gasteiger partial charge in [0.25, 0.3) is 15.9 Å². The zero-order valence-corrected chi connectivity index (χ0v) is 19.7. The fraction of sp³-hybridized carbons (Fsp3) is 0.174. The molecule has 0 aliphatic rings. The smallest absolute Gasteiger partial charge is 0.278 e. The number of carbonyl (C=O) groups excluding carboxylic acids is 1. The number of hydrogen-bond acceptors (Lipinski definition) is 5. The highest BCUT2D eigenvalue weighted by Gasteiger charge is 2.31. The molecule has 0 aromatic heterocycles. The molecule has 0 aliphatic carbocycles. The third kappa shape index (κ3) is 5.26. The molecule has 1 amide bonds. The van der Waals surface area contributed by atoms with E-state index in [4.69, 9.17) is 9.47 Å². The van der Waals surface area contributed by atoms with Gasteiger partial charge in [-0.2, -0.15) is 4.31 Å². The first-order valence-electron chi connectivity index (χ1n) is 9.40. The van der Waals surface area contributed by atoms with Crippen LogP contribution in [0.25, 0.3) is 0 Å². The van der Waals surface area contributed by atoms with Crippen molar-refractivity contribution >= 4 is 37.5 Å². The maximum Gasteiger partial charge on any atom is 0.278 e. The summed E-state index contributed by atoms with van der Waals surface area (Å²) in [5.41, 5.74) is 2.12. The summed E-state index contributed by atoms with van der Waals surface area (Å²) in [5.74, 6) is 0.267. The Morgan fingerprint density at radius 3 is 2.13 bits per heavy atom. The van der Waals surface area contributed by atoms with Crippen molar-refractivity contribution in [3.63, 3.8) is 0 Å². The Kier molecular flexibility index (Phi) is 7.02. The first-order chi connectivity index (χ1) is 14.7. The number of methoxy groups -OCH3 is 1. The molecule has 0 spiro atoms. The van der Waals surface area contributed by atoms with Crippen molar-refractivity contribution in [2.24, 2.45) is 0 Å². The van der Waals surface area contributed by atoms with Gasteiger partial charge in [-0.05, 0) is 83.9 Å². The summed E-state index contributed by atoms with van der Waals surface area (Å²) < 4.78 is 38.9. The van der Waals surface area contributed by atoms with Crippen LogP contribution in [0.5, 0.6) is 11.5 Å². The molecule has 0 saturated carbocycles. The Labute approximate surface area is 190 Å². The topological polar surface area (TPSA) is 72.9 Å². The number of anilines is 1. The highest BCUT2D eigenvalue weighted by atomic mass is 79.9. The average molecular weight is 504 g/mol. The first kappa shape index (κ1) is 22.8. The van der Waals surface area contributed by atoms with Gasteiger partial charge in [0.1, 0.15) is 11.5 Å². The zero-order valence-electron chi connectivity index (χ0n) is 17.3. The van der Waals surface area contributed by atoms with E-state index in [0.717, 1.165) is 15.4 Å². The SMILES string of the molecule is COc1ccc(N(C(=O)COc2ccc(C)cc2Br)S(=O)(=O)c2ccc(C)cc2)cc1. The minimum Gasteiger partial charge on any atom is -0.497 e. The molecule has 3 aromatic carbocycles. The van der Waals surface area contributed by atoms with Crippen LogP contribution in [0.15, 0.2) is 76.1 Å². The number of aryl methyl sites for hydroxylation is 2. The lowest BCUT2D eigenvalue weighted by Gasteiger charge is -2.23. The fourth-order valence-electron chi connectivity index (χ4n) is 2.87. The first-order valence-corrected chi connectivity index (χ1v) is 11.6. The van der Waals surface area contributed by atoms with Crippen LogP contribution in [-0.2, 0) is 14.8 Å². The summed E-state index contributed by atoms with van der Waals surface area (Å²) in [7, 11) is -2.65. The Hall–Kier alpha value is -2.84. The van der Waals surface area contributed by atoms with E-state index in [1.54, 1.807) is 30.3 Å². The molecule has 0 aliphatic heterocycles. The van der Waals surface area contributed by atoms with E-state index >= 15 is 0 Å². The molecule has 0 radical (unpaired) electrons. The molecule has 162 valence electrons. The molecule has 0 bridgehead atoms. The molecule has 31 heavy (non-hydrogen) atoms. The Balaban J connectivity index is 1.96. The summed E-state index contributed by atoms with van der Waals surface area (Å²) >= 11 is 3.40. The van der Waals surface area contributed by atoms with Gasteiger partial charge < -0.3 is 9.47 Å². The van der Waals surface area contributed by atoms with Crippen molar-refractivity contribution in [3.8, 4) is 11.5 Å². The predicted octanol–water partition coefficient (Wildman–Crippen LogP) is 4.88. The van der Waals surface area contributed by atoms with Gasteiger partial charge in [0.15, 0.2) is 6.61 Å². The lowest BCUT2D eigenvalue weighted by atomic mass is 10.2. The van der Waals surface area contributed by atoms with Gasteiger partial charge in [0, 0.05) is 0 Å². The van der Waals surface area contributed by atoms with Crippen molar-refractivity contribution in [1.29, 1.82) is 0 Å². The van der Waals surface area contributed by atoms with Crippen molar-refractivity contribution in [2.45, 2.75) is 18.7 Å². The highest BCUT2D eigenvalue weighted by molar-refractivity contribution is 9.10. The van der Waals surface area contributed by atoms with Gasteiger partial charge in [-0.1, -0.05) is 23.8 Å². The summed E-state index contributed by atoms with van der Waals surface area (Å²) in [6.07, 6.45) is 0. The van der Waals surface area contributed by atoms with E-state index in [1.807, 2.05) is 26.0 Å². The third-order valence-electron chi connectivity index (χ3n) is 4.53. The second-order valence-corrected chi connectivity index (χ2v) is 9.54. The summed E-state index contributed by atoms with van der Waals surface area (Å²) in [6.45, 7) is 3.33. The van der Waals surface area contributed by atoms with Crippen molar-refractivity contribution in [2.75, 3.05) is 18.0 Å². The lowest BCUT2D eigenvalue weighted by molar-refractivity contribution is -0.119. The normalized spacial score (nSPS) is 11.1. The van der Waals surface area contributed by atoms with Gasteiger partial charge in [-0.25, -0.2) is 8.42 Å². The molecule has 0 fully saturated rings. The quantitative estimate of drug-likeness (QED) is 0.459. The van der Waals surface area contributed by atoms with Gasteiger partial charge in [-0.3, -0.25) is 4.79 Å². The minimum absolute atomic E-state index is 0.0128. The molecule has 3 aromatic rings. The number of nitrogens with zero attached hydrogens (tertiary/aromatic N) is 1. The Bertz CT molecular complexity index is 1180. The molecule has 0 unspecified atom stereocenters. The van der Waals surface area contributed by atoms with Crippen LogP contribution in [0.2, 0.25) is 0 Å². The number of amides is 1. The van der Waals surface area contributed by atoms with Crippen LogP contribution in [0.3, 0.4) is 0 Å². The molecule has 0 atom stereocenters. The van der Waals surface area contributed by atoms with Crippen LogP contribution in [-0.4, -0.2) is 28.0 Å². The molecule has 0 N–H and O–H groups in total. The average Bonchev–Trinajstić information content (AvgIpc) is 2.74. The van der Waals surface area contributed by atoms with E-state index in [9.17, 15) is 13.2 Å². The maximum atomic E-state index is 13.4. The Morgan fingerprint density at radius 2 is 1.55 bits per heavy atom. The number of benzene rings is 3. The number of ether oxygens (including phenoxy) is 2. The number of sulfonamides is 1. The molecule has 8 heteroatoms. The van der Waals surface area contributed by atoms with Crippen LogP contribution in [0.1, 0.15) is 11.1 Å².